The van der Waals surface area contributed by atoms with Crippen LogP contribution < -0.4 is 0 Å². The maximum absolute atomic E-state index is 12.8. The number of carbonyl (C=O) groups is 3. The van der Waals surface area contributed by atoms with Gasteiger partial charge in [0, 0.05) is 19.3 Å². The third-order valence-corrected chi connectivity index (χ3v) is 12.0. The van der Waals surface area contributed by atoms with Crippen molar-refractivity contribution in [1.29, 1.82) is 0 Å². The van der Waals surface area contributed by atoms with Gasteiger partial charge in [0.2, 0.25) is 0 Å². The first-order valence-electron chi connectivity index (χ1n) is 30.0. The maximum atomic E-state index is 12.8. The Bertz CT molecular complexity index is 1710. The summed E-state index contributed by atoms with van der Waals surface area (Å²) in [6.45, 7) is 6.29. The minimum Gasteiger partial charge on any atom is -0.462 e. The number of rotatable bonds is 52. The molecule has 0 bridgehead atoms. The van der Waals surface area contributed by atoms with Gasteiger partial charge in [-0.15, -0.1) is 0 Å². The molecule has 1 atom stereocenters. The highest BCUT2D eigenvalue weighted by atomic mass is 16.6. The standard InChI is InChI=1S/C69H108O6/c1-4-7-10-13-16-19-22-24-26-28-29-30-31-32-33-34-35-36-37-38-39-41-42-44-47-50-53-56-59-62-68(71)74-65-66(64-73-67(70)61-58-55-52-49-46-21-18-15-12-9-6-3)75-69(72)63-60-57-54-51-48-45-43-40-27-25-23-20-17-14-11-8-5-2/h7-8,10-11,15-20,24-27,29-30,32-33,35-36,38-39,43,45,51,54,66H,4-6,9,12-14,21-23,28,31,34,37,40-42,44,46-50,52-53,55-65H2,1-3H3/b10-7-,11-8-,18-15-,19-16-,20-17-,26-24-,27-25-,30-29-,33-32-,36-35-,39-38-,45-43-,54-51-. The van der Waals surface area contributed by atoms with Crippen molar-refractivity contribution in [1.82, 2.24) is 0 Å². The zero-order chi connectivity index (χ0) is 54.3. The van der Waals surface area contributed by atoms with E-state index < -0.39 is 6.10 Å². The number of hydrogen-bond donors (Lipinski definition) is 0. The number of ether oxygens (including phenoxy) is 3. The van der Waals surface area contributed by atoms with Crippen LogP contribution >= 0.6 is 0 Å². The van der Waals surface area contributed by atoms with Crippen molar-refractivity contribution in [2.75, 3.05) is 13.2 Å². The smallest absolute Gasteiger partial charge is 0.306 e. The Morgan fingerprint density at radius 2 is 0.533 bits per heavy atom. The van der Waals surface area contributed by atoms with Crippen LogP contribution in [0.3, 0.4) is 0 Å². The quantitative estimate of drug-likeness (QED) is 0.0261. The summed E-state index contributed by atoms with van der Waals surface area (Å²) in [5, 5.41) is 0. The molecule has 0 saturated heterocycles. The molecular formula is C69H108O6. The van der Waals surface area contributed by atoms with Gasteiger partial charge in [-0.3, -0.25) is 14.4 Å². The summed E-state index contributed by atoms with van der Waals surface area (Å²) in [5.41, 5.74) is 0. The highest BCUT2D eigenvalue weighted by molar-refractivity contribution is 5.71. The summed E-state index contributed by atoms with van der Waals surface area (Å²) >= 11 is 0. The topological polar surface area (TPSA) is 78.9 Å². The monoisotopic (exact) mass is 1030 g/mol. The lowest BCUT2D eigenvalue weighted by Gasteiger charge is -2.18. The van der Waals surface area contributed by atoms with Crippen LogP contribution in [-0.2, 0) is 28.6 Å². The lowest BCUT2D eigenvalue weighted by atomic mass is 10.1. The minimum absolute atomic E-state index is 0.115. The van der Waals surface area contributed by atoms with E-state index in [-0.39, 0.29) is 37.5 Å². The minimum atomic E-state index is -0.823. The van der Waals surface area contributed by atoms with Crippen LogP contribution in [-0.4, -0.2) is 37.2 Å². The van der Waals surface area contributed by atoms with Crippen LogP contribution in [0.4, 0.5) is 0 Å². The van der Waals surface area contributed by atoms with Gasteiger partial charge in [-0.25, -0.2) is 0 Å². The molecule has 0 fully saturated rings. The number of carbonyl (C=O) groups excluding carboxylic acids is 3. The third kappa shape index (κ3) is 59.8. The highest BCUT2D eigenvalue weighted by Gasteiger charge is 2.19. The largest absolute Gasteiger partial charge is 0.462 e. The van der Waals surface area contributed by atoms with Gasteiger partial charge >= 0.3 is 17.9 Å². The summed E-state index contributed by atoms with van der Waals surface area (Å²) < 4.78 is 16.8. The molecule has 0 saturated carbocycles. The molecule has 0 aliphatic rings. The Kier molecular flexibility index (Phi) is 57.5. The first-order valence-corrected chi connectivity index (χ1v) is 30.0. The first-order chi connectivity index (χ1) is 37.0. The molecule has 0 aliphatic heterocycles. The number of allylic oxidation sites excluding steroid dienone is 26. The van der Waals surface area contributed by atoms with Crippen molar-refractivity contribution >= 4 is 17.9 Å². The van der Waals surface area contributed by atoms with Crippen molar-refractivity contribution in [2.45, 2.75) is 245 Å². The predicted molar refractivity (Wildman–Crippen MR) is 325 cm³/mol. The van der Waals surface area contributed by atoms with E-state index in [2.05, 4.69) is 179 Å². The average molecular weight is 1030 g/mol. The third-order valence-electron chi connectivity index (χ3n) is 12.0. The zero-order valence-corrected chi connectivity index (χ0v) is 48.0. The Morgan fingerprint density at radius 3 is 0.867 bits per heavy atom. The molecule has 0 rings (SSSR count). The molecule has 0 N–H and O–H groups in total. The lowest BCUT2D eigenvalue weighted by Crippen LogP contribution is -2.30. The normalized spacial score (nSPS) is 13.3. The van der Waals surface area contributed by atoms with Crippen molar-refractivity contribution in [3.8, 4) is 0 Å². The van der Waals surface area contributed by atoms with Gasteiger partial charge in [-0.05, 0) is 135 Å². The molecule has 0 aliphatic carbocycles. The second-order valence-corrected chi connectivity index (χ2v) is 19.1. The lowest BCUT2D eigenvalue weighted by molar-refractivity contribution is -0.167. The van der Waals surface area contributed by atoms with E-state index >= 15 is 0 Å². The van der Waals surface area contributed by atoms with E-state index in [1.54, 1.807) is 0 Å². The SMILES string of the molecule is CC/C=C\C/C=C\C/C=C\C/C=C\C/C=C\C/C=C\C/C=C\CCCCCCCCCC(=O)OCC(COC(=O)CCCCCCC/C=C\CCCC)OC(=O)CCC/C=C\C/C=C\C/C=C\C/C=C\C/C=C\CC. The summed E-state index contributed by atoms with van der Waals surface area (Å²) in [4.78, 5) is 38.1. The second-order valence-electron chi connectivity index (χ2n) is 19.1. The maximum Gasteiger partial charge on any atom is 0.306 e. The van der Waals surface area contributed by atoms with Gasteiger partial charge in [0.1, 0.15) is 13.2 Å². The Morgan fingerprint density at radius 1 is 0.280 bits per heavy atom. The van der Waals surface area contributed by atoms with Crippen molar-refractivity contribution in [3.63, 3.8) is 0 Å². The van der Waals surface area contributed by atoms with Crippen LogP contribution in [0.2, 0.25) is 0 Å². The van der Waals surface area contributed by atoms with Crippen molar-refractivity contribution in [2.24, 2.45) is 0 Å². The second kappa shape index (κ2) is 61.6. The highest BCUT2D eigenvalue weighted by Crippen LogP contribution is 2.13. The molecule has 0 heterocycles. The molecule has 0 aromatic carbocycles. The van der Waals surface area contributed by atoms with Gasteiger partial charge in [0.15, 0.2) is 6.10 Å². The van der Waals surface area contributed by atoms with Crippen LogP contribution in [0, 0.1) is 0 Å². The van der Waals surface area contributed by atoms with Crippen LogP contribution in [0.25, 0.3) is 0 Å². The molecule has 420 valence electrons. The molecule has 6 heteroatoms. The fourth-order valence-electron chi connectivity index (χ4n) is 7.56. The fraction of sp³-hybridized carbons (Fsp3) is 0.580. The molecule has 0 amide bonds. The summed E-state index contributed by atoms with van der Waals surface area (Å²) in [5.74, 6) is -1.00. The molecular weight excluding hydrogens is 925 g/mol. The van der Waals surface area contributed by atoms with E-state index in [4.69, 9.17) is 14.2 Å². The van der Waals surface area contributed by atoms with E-state index in [9.17, 15) is 14.4 Å². The van der Waals surface area contributed by atoms with E-state index in [0.29, 0.717) is 19.3 Å². The summed E-state index contributed by atoms with van der Waals surface area (Å²) in [7, 11) is 0. The van der Waals surface area contributed by atoms with E-state index in [1.807, 2.05) is 0 Å². The Balaban J connectivity index is 4.39. The first kappa shape index (κ1) is 70.0. The van der Waals surface area contributed by atoms with Gasteiger partial charge in [0.05, 0.1) is 0 Å². The number of hydrogen-bond acceptors (Lipinski definition) is 6. The molecule has 0 aromatic heterocycles. The zero-order valence-electron chi connectivity index (χ0n) is 48.0. The van der Waals surface area contributed by atoms with Crippen molar-refractivity contribution in [3.05, 3.63) is 158 Å². The van der Waals surface area contributed by atoms with Gasteiger partial charge < -0.3 is 14.2 Å². The predicted octanol–water partition coefficient (Wildman–Crippen LogP) is 20.5. The molecule has 0 spiro atoms. The van der Waals surface area contributed by atoms with Gasteiger partial charge in [-0.2, -0.15) is 0 Å². The van der Waals surface area contributed by atoms with Gasteiger partial charge in [0.25, 0.3) is 0 Å². The van der Waals surface area contributed by atoms with Crippen LogP contribution in [0.15, 0.2) is 158 Å². The molecule has 1 unspecified atom stereocenters. The van der Waals surface area contributed by atoms with E-state index in [0.717, 1.165) is 141 Å². The number of esters is 3. The van der Waals surface area contributed by atoms with Crippen molar-refractivity contribution < 1.29 is 28.6 Å². The number of unbranched alkanes of at least 4 members (excludes halogenated alkanes) is 15. The fourth-order valence-corrected chi connectivity index (χ4v) is 7.56. The Labute approximate surface area is 460 Å². The van der Waals surface area contributed by atoms with Gasteiger partial charge in [-0.1, -0.05) is 243 Å². The average Bonchev–Trinajstić information content (AvgIpc) is 3.41. The molecule has 6 nitrogen and oxygen atoms in total. The Hall–Kier alpha value is -4.97. The van der Waals surface area contributed by atoms with Crippen LogP contribution in [0.1, 0.15) is 239 Å². The summed E-state index contributed by atoms with van der Waals surface area (Å²) in [6.07, 6.45) is 89.6. The van der Waals surface area contributed by atoms with E-state index in [1.165, 1.54) is 51.4 Å². The molecule has 75 heavy (non-hydrogen) atoms. The summed E-state index contributed by atoms with van der Waals surface area (Å²) in [6, 6.07) is 0. The molecule has 0 radical (unpaired) electrons. The molecule has 0 aromatic rings. The van der Waals surface area contributed by atoms with Crippen LogP contribution in [0.5, 0.6) is 0 Å².